The number of fused-ring (bicyclic) bond motifs is 1. The van der Waals surface area contributed by atoms with Crippen molar-refractivity contribution in [2.24, 2.45) is 5.73 Å². The number of aromatic amines is 1. The molecule has 0 aliphatic carbocycles. The van der Waals surface area contributed by atoms with Crippen LogP contribution in [0.1, 0.15) is 21.0 Å². The Morgan fingerprint density at radius 3 is 2.63 bits per heavy atom. The summed E-state index contributed by atoms with van der Waals surface area (Å²) in [5.41, 5.74) is 7.81. The number of nitrogens with one attached hydrogen (secondary N) is 3. The molecule has 0 fully saturated rings. The Balaban J connectivity index is 1.42. The van der Waals surface area contributed by atoms with Crippen molar-refractivity contribution in [1.29, 1.82) is 0 Å². The molecule has 0 radical (unpaired) electrons. The fourth-order valence-corrected chi connectivity index (χ4v) is 2.83. The van der Waals surface area contributed by atoms with Gasteiger partial charge in [0.05, 0.1) is 11.1 Å². The van der Waals surface area contributed by atoms with Gasteiger partial charge < -0.3 is 21.4 Å². The molecule has 3 amide bonds. The van der Waals surface area contributed by atoms with E-state index in [0.717, 1.165) is 5.52 Å². The summed E-state index contributed by atoms with van der Waals surface area (Å²) in [6.45, 7) is -0.155. The third-order valence-electron chi connectivity index (χ3n) is 4.15. The van der Waals surface area contributed by atoms with Crippen molar-refractivity contribution in [3.8, 4) is 0 Å². The van der Waals surface area contributed by atoms with Gasteiger partial charge in [-0.3, -0.25) is 19.4 Å². The zero-order valence-electron chi connectivity index (χ0n) is 15.5. The number of carbonyl (C=O) groups excluding carboxylic acids is 3. The normalized spacial score (nSPS) is 10.7. The van der Waals surface area contributed by atoms with Crippen LogP contribution in [0, 0.1) is 0 Å². The SMILES string of the molecule is NC(=O)c1ncn(CC(=O)Nc2cccc(NC(=O)c3c[nH]c4cccnc34)c2)n1. The van der Waals surface area contributed by atoms with Crippen LogP contribution in [0.25, 0.3) is 11.0 Å². The summed E-state index contributed by atoms with van der Waals surface area (Å²) in [7, 11) is 0. The summed E-state index contributed by atoms with van der Waals surface area (Å²) in [5, 5.41) is 9.29. The van der Waals surface area contributed by atoms with Crippen molar-refractivity contribution < 1.29 is 14.4 Å². The molecule has 5 N–H and O–H groups in total. The van der Waals surface area contributed by atoms with E-state index in [2.05, 4.69) is 30.7 Å². The maximum atomic E-state index is 12.6. The second-order valence-corrected chi connectivity index (χ2v) is 6.32. The minimum atomic E-state index is -0.775. The zero-order valence-corrected chi connectivity index (χ0v) is 15.5. The standard InChI is InChI=1S/C19H16N8O3/c20-17(29)18-23-10-27(26-18)9-15(28)24-11-3-1-4-12(7-11)25-19(30)13-8-22-14-5-2-6-21-16(13)14/h1-8,10,22H,9H2,(H2,20,29)(H,24,28)(H,25,30). The van der Waals surface area contributed by atoms with E-state index in [4.69, 9.17) is 5.73 Å². The molecule has 11 nitrogen and oxygen atoms in total. The molecule has 0 aliphatic rings. The van der Waals surface area contributed by atoms with Gasteiger partial charge in [0, 0.05) is 23.8 Å². The van der Waals surface area contributed by atoms with Crippen molar-refractivity contribution in [2.75, 3.05) is 10.6 Å². The highest BCUT2D eigenvalue weighted by Crippen LogP contribution is 2.19. The van der Waals surface area contributed by atoms with Crippen molar-refractivity contribution in [1.82, 2.24) is 24.7 Å². The number of pyridine rings is 1. The molecule has 0 saturated heterocycles. The van der Waals surface area contributed by atoms with Gasteiger partial charge in [0.2, 0.25) is 11.7 Å². The Morgan fingerprint density at radius 2 is 1.87 bits per heavy atom. The van der Waals surface area contributed by atoms with Gasteiger partial charge in [-0.25, -0.2) is 9.67 Å². The van der Waals surface area contributed by atoms with Crippen LogP contribution in [-0.4, -0.2) is 42.5 Å². The number of anilines is 2. The lowest BCUT2D eigenvalue weighted by molar-refractivity contribution is -0.116. The van der Waals surface area contributed by atoms with Crippen molar-refractivity contribution in [3.05, 3.63) is 66.5 Å². The first kappa shape index (κ1) is 18.8. The van der Waals surface area contributed by atoms with E-state index in [9.17, 15) is 14.4 Å². The fraction of sp³-hybridized carbons (Fsp3) is 0.0526. The van der Waals surface area contributed by atoms with Crippen LogP contribution in [0.2, 0.25) is 0 Å². The smallest absolute Gasteiger partial charge is 0.288 e. The third kappa shape index (κ3) is 3.99. The number of amides is 3. The number of aromatic nitrogens is 5. The first-order chi connectivity index (χ1) is 14.5. The van der Waals surface area contributed by atoms with Gasteiger partial charge in [-0.2, -0.15) is 0 Å². The maximum Gasteiger partial charge on any atom is 0.288 e. The quantitative estimate of drug-likeness (QED) is 0.377. The molecular weight excluding hydrogens is 388 g/mol. The van der Waals surface area contributed by atoms with E-state index in [1.165, 1.54) is 11.0 Å². The first-order valence-electron chi connectivity index (χ1n) is 8.82. The van der Waals surface area contributed by atoms with E-state index in [0.29, 0.717) is 22.5 Å². The number of hydrogen-bond donors (Lipinski definition) is 4. The number of rotatable bonds is 6. The van der Waals surface area contributed by atoms with Gasteiger partial charge in [-0.15, -0.1) is 5.10 Å². The van der Waals surface area contributed by atoms with Crippen LogP contribution < -0.4 is 16.4 Å². The summed E-state index contributed by atoms with van der Waals surface area (Å²) in [5.74, 6) is -1.66. The average molecular weight is 404 g/mol. The summed E-state index contributed by atoms with van der Waals surface area (Å²) < 4.78 is 1.20. The number of carbonyl (C=O) groups is 3. The topological polar surface area (TPSA) is 161 Å². The molecule has 0 bridgehead atoms. The molecule has 4 aromatic rings. The molecule has 4 rings (SSSR count). The Bertz CT molecular complexity index is 1260. The fourth-order valence-electron chi connectivity index (χ4n) is 2.83. The number of hydrogen-bond acceptors (Lipinski definition) is 6. The lowest BCUT2D eigenvalue weighted by atomic mass is 10.2. The Kier molecular flexibility index (Phi) is 4.91. The van der Waals surface area contributed by atoms with Crippen molar-refractivity contribution in [2.45, 2.75) is 6.54 Å². The van der Waals surface area contributed by atoms with E-state index >= 15 is 0 Å². The molecule has 0 aliphatic heterocycles. The number of H-pyrrole nitrogens is 1. The van der Waals surface area contributed by atoms with Gasteiger partial charge in [-0.1, -0.05) is 6.07 Å². The van der Waals surface area contributed by atoms with Crippen LogP contribution >= 0.6 is 0 Å². The van der Waals surface area contributed by atoms with Crippen molar-refractivity contribution >= 4 is 40.1 Å². The predicted molar refractivity (Wildman–Crippen MR) is 108 cm³/mol. The van der Waals surface area contributed by atoms with Crippen molar-refractivity contribution in [3.63, 3.8) is 0 Å². The molecule has 3 heterocycles. The lowest BCUT2D eigenvalue weighted by Gasteiger charge is -2.08. The Morgan fingerprint density at radius 1 is 1.07 bits per heavy atom. The number of nitrogens with two attached hydrogens (primary N) is 1. The average Bonchev–Trinajstić information content (AvgIpc) is 3.35. The molecule has 30 heavy (non-hydrogen) atoms. The van der Waals surface area contributed by atoms with Crippen LogP contribution in [-0.2, 0) is 11.3 Å². The largest absolute Gasteiger partial charge is 0.363 e. The van der Waals surface area contributed by atoms with E-state index in [-0.39, 0.29) is 24.2 Å². The summed E-state index contributed by atoms with van der Waals surface area (Å²) in [6, 6.07) is 10.3. The highest BCUT2D eigenvalue weighted by molar-refractivity contribution is 6.11. The molecule has 150 valence electrons. The van der Waals surface area contributed by atoms with Gasteiger partial charge in [0.15, 0.2) is 0 Å². The van der Waals surface area contributed by atoms with Crippen LogP contribution in [0.3, 0.4) is 0 Å². The number of nitrogens with zero attached hydrogens (tertiary/aromatic N) is 4. The van der Waals surface area contributed by atoms with Gasteiger partial charge in [0.25, 0.3) is 11.8 Å². The summed E-state index contributed by atoms with van der Waals surface area (Å²) in [4.78, 5) is 46.8. The minimum Gasteiger partial charge on any atom is -0.363 e. The van der Waals surface area contributed by atoms with Gasteiger partial charge in [-0.05, 0) is 30.3 Å². The summed E-state index contributed by atoms with van der Waals surface area (Å²) in [6.07, 6.45) is 4.45. The Labute approximate surface area is 169 Å². The molecular formula is C19H16N8O3. The molecule has 11 heteroatoms. The first-order valence-corrected chi connectivity index (χ1v) is 8.82. The van der Waals surface area contributed by atoms with Crippen LogP contribution in [0.4, 0.5) is 11.4 Å². The van der Waals surface area contributed by atoms with Gasteiger partial charge in [0.1, 0.15) is 18.4 Å². The minimum absolute atomic E-state index is 0.155. The maximum absolute atomic E-state index is 12.6. The lowest BCUT2D eigenvalue weighted by Crippen LogP contribution is -2.20. The monoisotopic (exact) mass is 404 g/mol. The number of benzene rings is 1. The van der Waals surface area contributed by atoms with Crippen LogP contribution in [0.15, 0.2) is 55.1 Å². The van der Waals surface area contributed by atoms with Gasteiger partial charge >= 0.3 is 0 Å². The molecule has 0 unspecified atom stereocenters. The molecule has 0 atom stereocenters. The highest BCUT2D eigenvalue weighted by atomic mass is 16.2. The zero-order chi connectivity index (χ0) is 21.1. The molecule has 1 aromatic carbocycles. The predicted octanol–water partition coefficient (Wildman–Crippen LogP) is 1.14. The second-order valence-electron chi connectivity index (χ2n) is 6.32. The van der Waals surface area contributed by atoms with E-state index in [1.807, 2.05) is 6.07 Å². The highest BCUT2D eigenvalue weighted by Gasteiger charge is 2.14. The second kappa shape index (κ2) is 7.83. The summed E-state index contributed by atoms with van der Waals surface area (Å²) >= 11 is 0. The molecule has 0 saturated carbocycles. The van der Waals surface area contributed by atoms with E-state index in [1.54, 1.807) is 42.7 Å². The van der Waals surface area contributed by atoms with Crippen LogP contribution in [0.5, 0.6) is 0 Å². The molecule has 3 aromatic heterocycles. The number of primary amides is 1. The third-order valence-corrected chi connectivity index (χ3v) is 4.15. The Hall–Kier alpha value is -4.54. The van der Waals surface area contributed by atoms with E-state index < -0.39 is 5.91 Å². The molecule has 0 spiro atoms.